The highest BCUT2D eigenvalue weighted by Gasteiger charge is 2.10. The summed E-state index contributed by atoms with van der Waals surface area (Å²) in [6, 6.07) is 6.48. The average Bonchev–Trinajstić information content (AvgIpc) is 2.34. The summed E-state index contributed by atoms with van der Waals surface area (Å²) in [5.74, 6) is 0. The molecule has 3 N–H and O–H groups in total. The minimum absolute atomic E-state index is 0.149. The van der Waals surface area contributed by atoms with Gasteiger partial charge in [0.2, 0.25) is 0 Å². The molecule has 17 heavy (non-hydrogen) atoms. The van der Waals surface area contributed by atoms with Gasteiger partial charge in [0.05, 0.1) is 0 Å². The second kappa shape index (κ2) is 7.31. The summed E-state index contributed by atoms with van der Waals surface area (Å²) in [5.41, 5.74) is 1.18. The van der Waals surface area contributed by atoms with Gasteiger partial charge in [-0.05, 0) is 11.0 Å². The number of hydrogen-bond acceptors (Lipinski definition) is 4. The Morgan fingerprint density at radius 3 is 2.53 bits per heavy atom. The third kappa shape index (κ3) is 5.21. The Morgan fingerprint density at radius 2 is 2.00 bits per heavy atom. The van der Waals surface area contributed by atoms with Gasteiger partial charge in [-0.3, -0.25) is 0 Å². The fourth-order valence-electron chi connectivity index (χ4n) is 1.14. The van der Waals surface area contributed by atoms with Crippen molar-refractivity contribution in [3.8, 4) is 0 Å². The van der Waals surface area contributed by atoms with Crippen LogP contribution in [0, 0.1) is 0 Å². The summed E-state index contributed by atoms with van der Waals surface area (Å²) in [6.07, 6.45) is -0.476. The molecule has 0 heterocycles. The van der Waals surface area contributed by atoms with Gasteiger partial charge in [0.1, 0.15) is 6.61 Å². The highest BCUT2D eigenvalue weighted by molar-refractivity contribution is 9.09. The number of benzene rings is 1. The number of alkyl halides is 1. The molecule has 0 radical (unpaired) electrons. The summed E-state index contributed by atoms with van der Waals surface area (Å²) in [5, 5.41) is 21.0. The van der Waals surface area contributed by atoms with E-state index >= 15 is 0 Å². The quantitative estimate of drug-likeness (QED) is 0.528. The smallest absolute Gasteiger partial charge is 0.445 e. The molecule has 5 nitrogen and oxygen atoms in total. The minimum Gasteiger partial charge on any atom is -0.445 e. The van der Waals surface area contributed by atoms with Crippen LogP contribution in [-0.4, -0.2) is 35.1 Å². The van der Waals surface area contributed by atoms with Crippen molar-refractivity contribution >= 4 is 34.6 Å². The predicted molar refractivity (Wildman–Crippen MR) is 68.2 cm³/mol. The Kier molecular flexibility index (Phi) is 6.03. The lowest BCUT2D eigenvalue weighted by Gasteiger charge is -2.06. The number of ether oxygens (including phenoxy) is 1. The van der Waals surface area contributed by atoms with Gasteiger partial charge in [-0.25, -0.2) is 4.79 Å². The summed E-state index contributed by atoms with van der Waals surface area (Å²) < 4.78 is 4.93. The molecular formula is C10H13BBrNO4. The Balaban J connectivity index is 2.39. The van der Waals surface area contributed by atoms with Crippen LogP contribution in [0.1, 0.15) is 5.56 Å². The Hall–Kier alpha value is -1.05. The van der Waals surface area contributed by atoms with Crippen LogP contribution in [-0.2, 0) is 11.3 Å². The number of nitrogens with one attached hydrogen (secondary N) is 1. The lowest BCUT2D eigenvalue weighted by atomic mass is 9.80. The van der Waals surface area contributed by atoms with Gasteiger partial charge in [0, 0.05) is 11.9 Å². The number of rotatable bonds is 5. The van der Waals surface area contributed by atoms with E-state index in [1.165, 1.54) is 0 Å². The van der Waals surface area contributed by atoms with Crippen LogP contribution in [0.3, 0.4) is 0 Å². The molecule has 1 amide bonds. The summed E-state index contributed by atoms with van der Waals surface area (Å²) >= 11 is 3.18. The third-order valence-corrected chi connectivity index (χ3v) is 2.41. The second-order valence-corrected chi connectivity index (χ2v) is 4.10. The van der Waals surface area contributed by atoms with Gasteiger partial charge in [-0.1, -0.05) is 40.2 Å². The maximum Gasteiger partial charge on any atom is 0.488 e. The molecule has 0 aliphatic rings. The first-order valence-corrected chi connectivity index (χ1v) is 6.17. The molecular weight excluding hydrogens is 289 g/mol. The number of amides is 1. The zero-order valence-electron chi connectivity index (χ0n) is 9.10. The zero-order chi connectivity index (χ0) is 12.7. The van der Waals surface area contributed by atoms with Gasteiger partial charge in [-0.2, -0.15) is 0 Å². The van der Waals surface area contributed by atoms with Gasteiger partial charge >= 0.3 is 13.2 Å². The van der Waals surface area contributed by atoms with E-state index < -0.39 is 13.2 Å². The van der Waals surface area contributed by atoms with Crippen LogP contribution in [0.25, 0.3) is 0 Å². The second-order valence-electron chi connectivity index (χ2n) is 3.31. The normalized spacial score (nSPS) is 9.82. The molecule has 92 valence electrons. The molecule has 0 aliphatic carbocycles. The molecule has 0 saturated carbocycles. The van der Waals surface area contributed by atoms with Crippen molar-refractivity contribution in [3.63, 3.8) is 0 Å². The van der Waals surface area contributed by atoms with Crippen molar-refractivity contribution in [2.24, 2.45) is 0 Å². The van der Waals surface area contributed by atoms with Gasteiger partial charge in [0.15, 0.2) is 0 Å². The lowest BCUT2D eigenvalue weighted by Crippen LogP contribution is -2.29. The number of hydrogen-bond donors (Lipinski definition) is 3. The Morgan fingerprint density at radius 1 is 1.35 bits per heavy atom. The fraction of sp³-hybridized carbons (Fsp3) is 0.300. The number of halogens is 1. The van der Waals surface area contributed by atoms with Crippen molar-refractivity contribution in [2.75, 3.05) is 11.9 Å². The van der Waals surface area contributed by atoms with Crippen molar-refractivity contribution in [2.45, 2.75) is 6.61 Å². The van der Waals surface area contributed by atoms with Gasteiger partial charge in [0.25, 0.3) is 0 Å². The van der Waals surface area contributed by atoms with Crippen molar-refractivity contribution < 1.29 is 19.6 Å². The maximum atomic E-state index is 11.1. The van der Waals surface area contributed by atoms with E-state index in [1.54, 1.807) is 24.3 Å². The molecule has 0 bridgehead atoms. The topological polar surface area (TPSA) is 78.8 Å². The Labute approximate surface area is 108 Å². The monoisotopic (exact) mass is 301 g/mol. The summed E-state index contributed by atoms with van der Waals surface area (Å²) in [7, 11) is -1.48. The van der Waals surface area contributed by atoms with E-state index in [-0.39, 0.29) is 6.61 Å². The van der Waals surface area contributed by atoms with Crippen molar-refractivity contribution in [1.29, 1.82) is 0 Å². The minimum atomic E-state index is -1.48. The number of alkyl carbamates (subject to hydrolysis) is 1. The first-order chi connectivity index (χ1) is 8.13. The van der Waals surface area contributed by atoms with Crippen LogP contribution in [0.2, 0.25) is 0 Å². The number of carbonyl (C=O) groups excluding carboxylic acids is 1. The van der Waals surface area contributed by atoms with Gasteiger partial charge < -0.3 is 20.1 Å². The zero-order valence-corrected chi connectivity index (χ0v) is 10.7. The molecule has 0 spiro atoms. The molecule has 1 rings (SSSR count). The van der Waals surface area contributed by atoms with Crippen molar-refractivity contribution in [3.05, 3.63) is 29.8 Å². The highest BCUT2D eigenvalue weighted by Crippen LogP contribution is 2.00. The Bertz CT molecular complexity index is 358. The molecule has 0 unspecified atom stereocenters. The van der Waals surface area contributed by atoms with E-state index in [1.807, 2.05) is 0 Å². The SMILES string of the molecule is O=C(NCCBr)OCc1ccc(B(O)O)cc1. The predicted octanol–water partition coefficient (Wildman–Crippen LogP) is -0.0125. The molecule has 1 aromatic rings. The highest BCUT2D eigenvalue weighted by atomic mass is 79.9. The summed E-state index contributed by atoms with van der Waals surface area (Å²) in [4.78, 5) is 11.1. The molecule has 0 atom stereocenters. The van der Waals surface area contributed by atoms with Crippen LogP contribution >= 0.6 is 15.9 Å². The third-order valence-electron chi connectivity index (χ3n) is 2.01. The van der Waals surface area contributed by atoms with E-state index in [0.29, 0.717) is 17.3 Å². The molecule has 0 saturated heterocycles. The largest absolute Gasteiger partial charge is 0.488 e. The number of carbonyl (C=O) groups is 1. The average molecular weight is 302 g/mol. The molecule has 1 aromatic carbocycles. The molecule has 0 fully saturated rings. The van der Waals surface area contributed by atoms with Crippen LogP contribution in [0.5, 0.6) is 0 Å². The van der Waals surface area contributed by atoms with E-state index in [2.05, 4.69) is 21.2 Å². The van der Waals surface area contributed by atoms with Gasteiger partial charge in [-0.15, -0.1) is 0 Å². The summed E-state index contributed by atoms with van der Waals surface area (Å²) in [6.45, 7) is 0.657. The van der Waals surface area contributed by atoms with E-state index in [0.717, 1.165) is 5.56 Å². The van der Waals surface area contributed by atoms with E-state index in [4.69, 9.17) is 14.8 Å². The van der Waals surface area contributed by atoms with E-state index in [9.17, 15) is 4.79 Å². The lowest BCUT2D eigenvalue weighted by molar-refractivity contribution is 0.140. The maximum absolute atomic E-state index is 11.1. The fourth-order valence-corrected chi connectivity index (χ4v) is 1.33. The first-order valence-electron chi connectivity index (χ1n) is 5.05. The van der Waals surface area contributed by atoms with Crippen LogP contribution in [0.15, 0.2) is 24.3 Å². The van der Waals surface area contributed by atoms with Crippen LogP contribution in [0.4, 0.5) is 4.79 Å². The molecule has 7 heteroatoms. The standard InChI is InChI=1S/C10H13BBrNO4/c12-5-6-13-10(14)17-7-8-1-3-9(4-2-8)11(15)16/h1-4,15-16H,5-7H2,(H,13,14). The van der Waals surface area contributed by atoms with Crippen LogP contribution < -0.4 is 10.8 Å². The molecule has 0 aliphatic heterocycles. The van der Waals surface area contributed by atoms with Crippen molar-refractivity contribution in [1.82, 2.24) is 5.32 Å². The first kappa shape index (κ1) is 14.0. The molecule has 0 aromatic heterocycles.